The third kappa shape index (κ3) is 3.63. The lowest BCUT2D eigenvalue weighted by Gasteiger charge is -2.21. The predicted molar refractivity (Wildman–Crippen MR) is 88.2 cm³/mol. The Morgan fingerprint density at radius 1 is 1.09 bits per heavy atom. The average Bonchev–Trinajstić information content (AvgIpc) is 3.01. The van der Waals surface area contributed by atoms with Gasteiger partial charge in [-0.15, -0.1) is 0 Å². The summed E-state index contributed by atoms with van der Waals surface area (Å²) in [7, 11) is 0. The molecule has 0 saturated carbocycles. The number of halogens is 1. The van der Waals surface area contributed by atoms with E-state index in [1.54, 1.807) is 12.1 Å². The molecule has 3 N–H and O–H groups in total. The molecule has 0 radical (unpaired) electrons. The van der Waals surface area contributed by atoms with Crippen molar-refractivity contribution in [2.45, 2.75) is 12.1 Å². The third-order valence-electron chi connectivity index (χ3n) is 3.71. The molecule has 0 aromatic heterocycles. The standard InChI is InChI=1S/C17H16ClN3O2/c18-13-8-6-12(7-9-13)15(11-4-2-1-3-5-11)21-16(22)14-10-19-17(23)20-14/h1-9,14-15H,10H2,(H,21,22)(H2,19,20,23)/t14-,15+/m1/s1. The fraction of sp³-hybridized carbons (Fsp3) is 0.176. The summed E-state index contributed by atoms with van der Waals surface area (Å²) in [5, 5.41) is 8.80. The largest absolute Gasteiger partial charge is 0.343 e. The minimum atomic E-state index is -0.569. The summed E-state index contributed by atoms with van der Waals surface area (Å²) < 4.78 is 0. The molecule has 2 aromatic rings. The van der Waals surface area contributed by atoms with Crippen LogP contribution in [0.5, 0.6) is 0 Å². The van der Waals surface area contributed by atoms with E-state index in [4.69, 9.17) is 11.6 Å². The summed E-state index contributed by atoms with van der Waals surface area (Å²) in [6.45, 7) is 0.285. The third-order valence-corrected chi connectivity index (χ3v) is 3.96. The van der Waals surface area contributed by atoms with Crippen LogP contribution < -0.4 is 16.0 Å². The summed E-state index contributed by atoms with van der Waals surface area (Å²) in [4.78, 5) is 23.6. The fourth-order valence-electron chi connectivity index (χ4n) is 2.52. The van der Waals surface area contributed by atoms with Crippen molar-refractivity contribution < 1.29 is 9.59 Å². The first-order valence-corrected chi connectivity index (χ1v) is 7.66. The lowest BCUT2D eigenvalue weighted by atomic mass is 9.98. The topological polar surface area (TPSA) is 70.2 Å². The number of nitrogens with one attached hydrogen (secondary N) is 3. The Kier molecular flexibility index (Phi) is 4.48. The molecule has 23 heavy (non-hydrogen) atoms. The van der Waals surface area contributed by atoms with E-state index in [2.05, 4.69) is 16.0 Å². The van der Waals surface area contributed by atoms with Gasteiger partial charge in [-0.2, -0.15) is 0 Å². The van der Waals surface area contributed by atoms with Gasteiger partial charge >= 0.3 is 6.03 Å². The SMILES string of the molecule is O=C1NC[C@H](C(=O)N[C@@H](c2ccccc2)c2ccc(Cl)cc2)N1. The van der Waals surface area contributed by atoms with Crippen LogP contribution in [-0.2, 0) is 4.79 Å². The molecule has 0 bridgehead atoms. The van der Waals surface area contributed by atoms with Crippen LogP contribution in [-0.4, -0.2) is 24.5 Å². The number of hydrogen-bond donors (Lipinski definition) is 3. The molecule has 6 heteroatoms. The maximum absolute atomic E-state index is 12.4. The minimum absolute atomic E-state index is 0.229. The van der Waals surface area contributed by atoms with Crippen molar-refractivity contribution in [2.24, 2.45) is 0 Å². The lowest BCUT2D eigenvalue weighted by Crippen LogP contribution is -2.44. The van der Waals surface area contributed by atoms with E-state index >= 15 is 0 Å². The first-order chi connectivity index (χ1) is 11.1. The molecule has 2 atom stereocenters. The molecule has 1 aliphatic rings. The van der Waals surface area contributed by atoms with Crippen LogP contribution in [0.15, 0.2) is 54.6 Å². The van der Waals surface area contributed by atoms with E-state index in [-0.39, 0.29) is 24.5 Å². The molecule has 2 aromatic carbocycles. The van der Waals surface area contributed by atoms with Gasteiger partial charge < -0.3 is 16.0 Å². The molecule has 118 valence electrons. The van der Waals surface area contributed by atoms with Gasteiger partial charge in [0, 0.05) is 11.6 Å². The highest BCUT2D eigenvalue weighted by atomic mass is 35.5. The number of amides is 3. The van der Waals surface area contributed by atoms with Crippen LogP contribution in [0.1, 0.15) is 17.2 Å². The molecule has 3 amide bonds. The van der Waals surface area contributed by atoms with Crippen molar-refractivity contribution in [1.29, 1.82) is 0 Å². The average molecular weight is 330 g/mol. The summed E-state index contributed by atoms with van der Waals surface area (Å²) in [5.41, 5.74) is 1.88. The molecule has 1 heterocycles. The van der Waals surface area contributed by atoms with Gasteiger partial charge in [0.25, 0.3) is 0 Å². The van der Waals surface area contributed by atoms with E-state index in [1.807, 2.05) is 42.5 Å². The number of carbonyl (C=O) groups is 2. The summed E-state index contributed by atoms with van der Waals surface area (Å²) in [6, 6.07) is 15.8. The Morgan fingerprint density at radius 3 is 2.35 bits per heavy atom. The molecule has 1 saturated heterocycles. The van der Waals surface area contributed by atoms with E-state index < -0.39 is 6.04 Å². The predicted octanol–water partition coefficient (Wildman–Crippen LogP) is 2.23. The Hall–Kier alpha value is -2.53. The van der Waals surface area contributed by atoms with Gasteiger partial charge in [0.05, 0.1) is 6.04 Å². The monoisotopic (exact) mass is 329 g/mol. The summed E-state index contributed by atoms with van der Waals surface area (Å²) in [5.74, 6) is -0.229. The van der Waals surface area contributed by atoms with Gasteiger partial charge in [-0.1, -0.05) is 54.1 Å². The first-order valence-electron chi connectivity index (χ1n) is 7.28. The summed E-state index contributed by atoms with van der Waals surface area (Å²) >= 11 is 5.94. The number of urea groups is 1. The highest BCUT2D eigenvalue weighted by molar-refractivity contribution is 6.30. The molecule has 0 aliphatic carbocycles. The van der Waals surface area contributed by atoms with Gasteiger partial charge in [0.2, 0.25) is 5.91 Å². The molecule has 3 rings (SSSR count). The maximum atomic E-state index is 12.4. The molecular formula is C17H16ClN3O2. The van der Waals surface area contributed by atoms with Gasteiger partial charge in [-0.3, -0.25) is 4.79 Å². The Bertz CT molecular complexity index is 704. The second kappa shape index (κ2) is 6.71. The second-order valence-corrected chi connectivity index (χ2v) is 5.75. The van der Waals surface area contributed by atoms with Crippen LogP contribution in [0.2, 0.25) is 5.02 Å². The van der Waals surface area contributed by atoms with Gasteiger partial charge in [0.1, 0.15) is 6.04 Å². The highest BCUT2D eigenvalue weighted by Gasteiger charge is 2.29. The van der Waals surface area contributed by atoms with Gasteiger partial charge in [0.15, 0.2) is 0 Å². The lowest BCUT2D eigenvalue weighted by molar-refractivity contribution is -0.122. The number of carbonyl (C=O) groups excluding carboxylic acids is 2. The van der Waals surface area contributed by atoms with Crippen molar-refractivity contribution in [3.8, 4) is 0 Å². The Morgan fingerprint density at radius 2 is 1.74 bits per heavy atom. The van der Waals surface area contributed by atoms with Crippen molar-refractivity contribution in [2.75, 3.05) is 6.54 Å². The summed E-state index contributed by atoms with van der Waals surface area (Å²) in [6.07, 6.45) is 0. The quantitative estimate of drug-likeness (QED) is 0.805. The molecule has 1 fully saturated rings. The van der Waals surface area contributed by atoms with E-state index in [0.717, 1.165) is 11.1 Å². The zero-order chi connectivity index (χ0) is 16.2. The van der Waals surface area contributed by atoms with Crippen molar-refractivity contribution >= 4 is 23.5 Å². The Balaban J connectivity index is 1.85. The van der Waals surface area contributed by atoms with E-state index in [9.17, 15) is 9.59 Å². The van der Waals surface area contributed by atoms with Crippen molar-refractivity contribution in [3.05, 3.63) is 70.7 Å². The van der Waals surface area contributed by atoms with Crippen LogP contribution in [0, 0.1) is 0 Å². The van der Waals surface area contributed by atoms with Crippen molar-refractivity contribution in [1.82, 2.24) is 16.0 Å². The maximum Gasteiger partial charge on any atom is 0.315 e. The number of rotatable bonds is 4. The molecule has 0 unspecified atom stereocenters. The van der Waals surface area contributed by atoms with E-state index in [1.165, 1.54) is 0 Å². The highest BCUT2D eigenvalue weighted by Crippen LogP contribution is 2.23. The smallest absolute Gasteiger partial charge is 0.315 e. The first kappa shape index (κ1) is 15.4. The molecular weight excluding hydrogens is 314 g/mol. The Labute approximate surface area is 139 Å². The van der Waals surface area contributed by atoms with Crippen LogP contribution in [0.3, 0.4) is 0 Å². The van der Waals surface area contributed by atoms with Gasteiger partial charge in [-0.25, -0.2) is 4.79 Å². The van der Waals surface area contributed by atoms with Crippen LogP contribution >= 0.6 is 11.6 Å². The second-order valence-electron chi connectivity index (χ2n) is 5.31. The minimum Gasteiger partial charge on any atom is -0.343 e. The fourth-order valence-corrected chi connectivity index (χ4v) is 2.64. The van der Waals surface area contributed by atoms with Crippen molar-refractivity contribution in [3.63, 3.8) is 0 Å². The van der Waals surface area contributed by atoms with Crippen LogP contribution in [0.25, 0.3) is 0 Å². The normalized spacial score (nSPS) is 18.0. The zero-order valence-electron chi connectivity index (χ0n) is 12.3. The van der Waals surface area contributed by atoms with E-state index in [0.29, 0.717) is 5.02 Å². The van der Waals surface area contributed by atoms with Gasteiger partial charge in [-0.05, 0) is 23.3 Å². The number of benzene rings is 2. The number of hydrogen-bond acceptors (Lipinski definition) is 2. The molecule has 0 spiro atoms. The molecule has 1 aliphatic heterocycles. The molecule has 5 nitrogen and oxygen atoms in total. The zero-order valence-corrected chi connectivity index (χ0v) is 13.0. The van der Waals surface area contributed by atoms with Crippen LogP contribution in [0.4, 0.5) is 4.79 Å².